The zero-order chi connectivity index (χ0) is 76.8. The van der Waals surface area contributed by atoms with Crippen LogP contribution in [0.15, 0.2) is 319 Å². The molecule has 0 amide bonds. The standard InChI is InChI=1S/C59H38N4.C28H25BN2O2.C15H12Br2/c1-59(2)51-31-37(35-13-11-15-39(29-35)53-33-60-55-47-21-7-3-17-41(47)43-19-5-9-23-49(43)57(55)62-53)25-27-45(51)46-28-26-38(32-52(46)59)36-14-12-16-40(30-36)54-34-61-56-48-22-8-4-18-42(48)44-20-6-10-24-50(44)58(56)63-54;1-27(2)28(3,4)33-29(32-27)19-11-9-10-18(16-19)24-17-30-25-22-14-7-5-12-20(22)21-13-6-8-15-23(21)26(25)31-24;1-15(2)13-7-9(16)3-5-11(13)12-6-4-10(17)8-14(12)15/h3-34H,1-2H3;5-17H,1-4H3;3-8H,1-2H3. The van der Waals surface area contributed by atoms with Crippen molar-refractivity contribution in [1.29, 1.82) is 0 Å². The molecular weight excluding hydrogens is 1510 g/mol. The molecule has 3 aromatic heterocycles. The molecule has 19 aromatic rings. The van der Waals surface area contributed by atoms with E-state index >= 15 is 0 Å². The number of hydrogen-bond acceptors (Lipinski definition) is 8. The van der Waals surface area contributed by atoms with Crippen molar-refractivity contribution in [2.45, 2.75) is 77.4 Å². The Morgan fingerprint density at radius 2 is 0.513 bits per heavy atom. The SMILES string of the molecule is CC1(C)OB(c2cccc(-c3cnc4c5ccccc5c5ccccc5c4n3)c2)OC1(C)C.CC1(C)c2cc(-c3cccc(-c4cnc5c6ccccc6c6ccccc6c5n4)c3)ccc2-c2ccc(-c3cccc(-c4cnc5c6ccccc6c6ccccc6c5n4)c3)cc21.CC1(C)c2cc(Br)ccc2-c2ccc(Br)cc21. The number of hydrogen-bond donors (Lipinski definition) is 0. The first kappa shape index (κ1) is 70.2. The van der Waals surface area contributed by atoms with E-state index in [2.05, 4.69) is 366 Å². The Balaban J connectivity index is 0.000000137. The summed E-state index contributed by atoms with van der Waals surface area (Å²) >= 11 is 7.13. The van der Waals surface area contributed by atoms with Crippen LogP contribution in [0, 0.1) is 0 Å². The van der Waals surface area contributed by atoms with Crippen LogP contribution in [0.5, 0.6) is 0 Å². The van der Waals surface area contributed by atoms with Crippen LogP contribution in [-0.2, 0) is 20.1 Å². The van der Waals surface area contributed by atoms with Gasteiger partial charge in [-0.3, -0.25) is 15.0 Å². The Bertz CT molecular complexity index is 6790. The smallest absolute Gasteiger partial charge is 0.399 e. The number of rotatable bonds is 6. The van der Waals surface area contributed by atoms with Crippen molar-refractivity contribution >= 4 is 142 Å². The summed E-state index contributed by atoms with van der Waals surface area (Å²) in [5.41, 5.74) is 26.8. The van der Waals surface area contributed by atoms with Crippen LogP contribution in [0.25, 0.3) is 176 Å². The van der Waals surface area contributed by atoms with E-state index in [1.165, 1.54) is 88.0 Å². The topological polar surface area (TPSA) is 95.8 Å². The molecule has 1 fully saturated rings. The molecule has 8 nitrogen and oxygen atoms in total. The largest absolute Gasteiger partial charge is 0.494 e. The van der Waals surface area contributed by atoms with Crippen molar-refractivity contribution in [2.24, 2.45) is 0 Å². The second-order valence-corrected chi connectivity index (χ2v) is 34.0. The summed E-state index contributed by atoms with van der Waals surface area (Å²) < 4.78 is 14.8. The average molecular weight is 1590 g/mol. The van der Waals surface area contributed by atoms with Crippen LogP contribution in [0.1, 0.15) is 77.6 Å². The predicted molar refractivity (Wildman–Crippen MR) is 477 cm³/mol. The van der Waals surface area contributed by atoms with E-state index in [0.717, 1.165) is 125 Å². The maximum absolute atomic E-state index is 6.26. The number of aromatic nitrogens is 6. The van der Waals surface area contributed by atoms with Gasteiger partial charge in [0.1, 0.15) is 0 Å². The van der Waals surface area contributed by atoms with Crippen molar-refractivity contribution in [3.05, 3.63) is 341 Å². The first-order valence-electron chi connectivity index (χ1n) is 38.6. The normalized spacial score (nSPS) is 14.7. The van der Waals surface area contributed by atoms with Gasteiger partial charge in [-0.2, -0.15) is 0 Å². The number of nitrogens with zero attached hydrogens (tertiary/aromatic N) is 6. The highest BCUT2D eigenvalue weighted by molar-refractivity contribution is 9.10. The summed E-state index contributed by atoms with van der Waals surface area (Å²) in [6, 6.07) is 104. The van der Waals surface area contributed by atoms with Crippen molar-refractivity contribution in [2.75, 3.05) is 0 Å². The number of benzene rings is 16. The Morgan fingerprint density at radius 3 is 0.850 bits per heavy atom. The number of halogens is 2. The van der Waals surface area contributed by atoms with Crippen LogP contribution in [-0.4, -0.2) is 48.2 Å². The van der Waals surface area contributed by atoms with E-state index < -0.39 is 7.12 Å². The highest BCUT2D eigenvalue weighted by atomic mass is 79.9. The zero-order valence-corrected chi connectivity index (χ0v) is 66.9. The van der Waals surface area contributed by atoms with Crippen molar-refractivity contribution in [3.63, 3.8) is 0 Å². The molecule has 0 spiro atoms. The molecule has 11 heteroatoms. The van der Waals surface area contributed by atoms with Crippen LogP contribution >= 0.6 is 31.9 Å². The minimum Gasteiger partial charge on any atom is -0.399 e. The third kappa shape index (κ3) is 11.8. The van der Waals surface area contributed by atoms with Gasteiger partial charge in [0.05, 0.1) is 80.0 Å². The van der Waals surface area contributed by atoms with Crippen molar-refractivity contribution in [3.8, 4) is 78.3 Å². The van der Waals surface area contributed by atoms with Crippen LogP contribution < -0.4 is 5.46 Å². The second kappa shape index (κ2) is 26.9. The van der Waals surface area contributed by atoms with Gasteiger partial charge in [0.25, 0.3) is 0 Å². The lowest BCUT2D eigenvalue weighted by Crippen LogP contribution is -2.41. The molecular formula is C102H75BBr2N6O2. The van der Waals surface area contributed by atoms with E-state index in [1.54, 1.807) is 0 Å². The minimum absolute atomic E-state index is 0.0816. The molecule has 0 atom stereocenters. The lowest BCUT2D eigenvalue weighted by molar-refractivity contribution is 0.00578. The fourth-order valence-corrected chi connectivity index (χ4v) is 18.3. The molecule has 1 aliphatic heterocycles. The van der Waals surface area contributed by atoms with Crippen molar-refractivity contribution in [1.82, 2.24) is 29.9 Å². The van der Waals surface area contributed by atoms with Gasteiger partial charge in [-0.1, -0.05) is 302 Å². The summed E-state index contributed by atoms with van der Waals surface area (Å²) in [6.45, 7) is 17.6. The molecule has 113 heavy (non-hydrogen) atoms. The summed E-state index contributed by atoms with van der Waals surface area (Å²) in [5.74, 6) is 0. The summed E-state index contributed by atoms with van der Waals surface area (Å²) in [6.07, 6.45) is 5.72. The van der Waals surface area contributed by atoms with Crippen LogP contribution in [0.3, 0.4) is 0 Å². The van der Waals surface area contributed by atoms with Gasteiger partial charge in [-0.05, 0) is 181 Å². The van der Waals surface area contributed by atoms with E-state index in [4.69, 9.17) is 39.2 Å². The molecule has 0 saturated carbocycles. The van der Waals surface area contributed by atoms with E-state index in [0.29, 0.717) is 0 Å². The van der Waals surface area contributed by atoms with Gasteiger partial charge in [0, 0.05) is 68.8 Å². The molecule has 0 radical (unpaired) electrons. The fourth-order valence-electron chi connectivity index (χ4n) is 17.6. The minimum atomic E-state index is -0.409. The van der Waals surface area contributed by atoms with Gasteiger partial charge >= 0.3 is 7.12 Å². The van der Waals surface area contributed by atoms with Gasteiger partial charge in [0.15, 0.2) is 0 Å². The molecule has 542 valence electrons. The number of fused-ring (bicyclic) bond motifs is 24. The molecule has 22 rings (SSSR count). The molecule has 16 aromatic carbocycles. The Morgan fingerprint density at radius 1 is 0.248 bits per heavy atom. The highest BCUT2D eigenvalue weighted by Gasteiger charge is 2.52. The maximum atomic E-state index is 6.26. The van der Waals surface area contributed by atoms with Crippen LogP contribution in [0.4, 0.5) is 0 Å². The Labute approximate surface area is 673 Å². The van der Waals surface area contributed by atoms with Crippen LogP contribution in [0.2, 0.25) is 0 Å². The molecule has 2 aliphatic carbocycles. The first-order chi connectivity index (χ1) is 54.8. The molecule has 4 heterocycles. The third-order valence-electron chi connectivity index (χ3n) is 24.2. The molecule has 0 bridgehead atoms. The van der Waals surface area contributed by atoms with Gasteiger partial charge in [0.2, 0.25) is 0 Å². The van der Waals surface area contributed by atoms with E-state index in [-0.39, 0.29) is 22.0 Å². The van der Waals surface area contributed by atoms with E-state index in [1.807, 2.05) is 30.7 Å². The van der Waals surface area contributed by atoms with E-state index in [9.17, 15) is 0 Å². The summed E-state index contributed by atoms with van der Waals surface area (Å²) in [5, 5.41) is 13.9. The Hall–Kier alpha value is -12.0. The lowest BCUT2D eigenvalue weighted by Gasteiger charge is -2.32. The fraction of sp³-hybridized carbons (Fsp3) is 0.118. The predicted octanol–water partition coefficient (Wildman–Crippen LogP) is 26.6. The molecule has 3 aliphatic rings. The first-order valence-corrected chi connectivity index (χ1v) is 40.2. The third-order valence-corrected chi connectivity index (χ3v) is 25.2. The van der Waals surface area contributed by atoms with Crippen molar-refractivity contribution < 1.29 is 9.31 Å². The molecule has 0 N–H and O–H groups in total. The molecule has 0 unspecified atom stereocenters. The monoisotopic (exact) mass is 1580 g/mol. The quantitative estimate of drug-likeness (QED) is 0.120. The Kier molecular flexibility index (Phi) is 16.7. The lowest BCUT2D eigenvalue weighted by atomic mass is 9.78. The average Bonchev–Trinajstić information content (AvgIpc) is 1.23. The zero-order valence-electron chi connectivity index (χ0n) is 63.8. The summed E-state index contributed by atoms with van der Waals surface area (Å²) in [7, 11) is -0.409. The maximum Gasteiger partial charge on any atom is 0.494 e. The van der Waals surface area contributed by atoms with Gasteiger partial charge in [-0.25, -0.2) is 15.0 Å². The highest BCUT2D eigenvalue weighted by Crippen LogP contribution is 2.53. The molecule has 1 saturated heterocycles. The summed E-state index contributed by atoms with van der Waals surface area (Å²) in [4.78, 5) is 30.6. The van der Waals surface area contributed by atoms with Gasteiger partial charge < -0.3 is 9.31 Å². The second-order valence-electron chi connectivity index (χ2n) is 32.2. The van der Waals surface area contributed by atoms with Gasteiger partial charge in [-0.15, -0.1) is 0 Å².